The predicted octanol–water partition coefficient (Wildman–Crippen LogP) is 4.41. The molecule has 2 rings (SSSR count). The lowest BCUT2D eigenvalue weighted by Crippen LogP contribution is -2.30. The number of ether oxygens (including phenoxy) is 2. The highest BCUT2D eigenvalue weighted by molar-refractivity contribution is 6.35. The average Bonchev–Trinajstić information content (AvgIpc) is 2.46. The van der Waals surface area contributed by atoms with Gasteiger partial charge >= 0.3 is 0 Å². The highest BCUT2D eigenvalue weighted by atomic mass is 35.5. The van der Waals surface area contributed by atoms with Gasteiger partial charge in [0.05, 0.1) is 7.11 Å². The number of rotatable bonds is 5. The topological polar surface area (TPSA) is 47.6 Å². The van der Waals surface area contributed by atoms with Crippen molar-refractivity contribution in [1.29, 1.82) is 0 Å². The van der Waals surface area contributed by atoms with Gasteiger partial charge in [-0.1, -0.05) is 35.3 Å². The Kier molecular flexibility index (Phi) is 5.52. The molecule has 0 saturated heterocycles. The molecule has 4 nitrogen and oxygen atoms in total. The molecule has 1 N–H and O–H groups in total. The van der Waals surface area contributed by atoms with E-state index in [0.717, 1.165) is 0 Å². The minimum atomic E-state index is -0.714. The Hall–Kier alpha value is -1.91. The first-order valence-corrected chi connectivity index (χ1v) is 7.32. The summed E-state index contributed by atoms with van der Waals surface area (Å²) in [6, 6.07) is 11.9. The molecule has 0 aromatic heterocycles. The van der Waals surface area contributed by atoms with Crippen LogP contribution in [0.2, 0.25) is 10.0 Å². The Labute approximate surface area is 138 Å². The van der Waals surface area contributed by atoms with Gasteiger partial charge in [-0.05, 0) is 37.3 Å². The van der Waals surface area contributed by atoms with E-state index in [1.54, 1.807) is 50.4 Å². The Balaban J connectivity index is 2.06. The van der Waals surface area contributed by atoms with Gasteiger partial charge in [0, 0.05) is 15.7 Å². The van der Waals surface area contributed by atoms with E-state index in [1.165, 1.54) is 0 Å². The smallest absolute Gasteiger partial charge is 0.265 e. The van der Waals surface area contributed by atoms with Crippen LogP contribution in [-0.2, 0) is 4.79 Å². The van der Waals surface area contributed by atoms with Crippen LogP contribution in [0.1, 0.15) is 6.92 Å². The second-order valence-electron chi connectivity index (χ2n) is 4.56. The Morgan fingerprint density at radius 3 is 2.27 bits per heavy atom. The van der Waals surface area contributed by atoms with Crippen LogP contribution in [0, 0.1) is 0 Å². The van der Waals surface area contributed by atoms with E-state index < -0.39 is 6.10 Å². The standard InChI is InChI=1S/C16H15Cl2NO3/c1-10(22-15-6-4-3-5-14(15)21-2)16(20)19-13-8-11(17)7-12(18)9-13/h3-10H,1-2H3,(H,19,20). The van der Waals surface area contributed by atoms with Gasteiger partial charge in [0.15, 0.2) is 17.6 Å². The number of carbonyl (C=O) groups excluding carboxylic acids is 1. The lowest BCUT2D eigenvalue weighted by molar-refractivity contribution is -0.122. The Bertz CT molecular complexity index is 656. The van der Waals surface area contributed by atoms with Crippen molar-refractivity contribution in [2.45, 2.75) is 13.0 Å². The van der Waals surface area contributed by atoms with Crippen LogP contribution < -0.4 is 14.8 Å². The van der Waals surface area contributed by atoms with Crippen molar-refractivity contribution in [2.75, 3.05) is 12.4 Å². The van der Waals surface area contributed by atoms with Crippen molar-refractivity contribution in [3.05, 3.63) is 52.5 Å². The number of carbonyl (C=O) groups is 1. The van der Waals surface area contributed by atoms with Crippen molar-refractivity contribution in [2.24, 2.45) is 0 Å². The van der Waals surface area contributed by atoms with Gasteiger partial charge in [-0.25, -0.2) is 0 Å². The number of methoxy groups -OCH3 is 1. The molecular weight excluding hydrogens is 325 g/mol. The van der Waals surface area contributed by atoms with Gasteiger partial charge in [0.1, 0.15) is 0 Å². The molecular formula is C16H15Cl2NO3. The fourth-order valence-corrected chi connectivity index (χ4v) is 2.36. The van der Waals surface area contributed by atoms with E-state index in [-0.39, 0.29) is 5.91 Å². The van der Waals surface area contributed by atoms with Crippen LogP contribution in [0.5, 0.6) is 11.5 Å². The monoisotopic (exact) mass is 339 g/mol. The molecule has 6 heteroatoms. The molecule has 0 bridgehead atoms. The molecule has 0 saturated carbocycles. The van der Waals surface area contributed by atoms with Crippen molar-refractivity contribution >= 4 is 34.8 Å². The zero-order valence-electron chi connectivity index (χ0n) is 12.1. The molecule has 0 radical (unpaired) electrons. The molecule has 1 unspecified atom stereocenters. The summed E-state index contributed by atoms with van der Waals surface area (Å²) < 4.78 is 10.8. The van der Waals surface area contributed by atoms with E-state index >= 15 is 0 Å². The predicted molar refractivity (Wildman–Crippen MR) is 88.2 cm³/mol. The van der Waals surface area contributed by atoms with Crippen LogP contribution in [-0.4, -0.2) is 19.1 Å². The molecule has 0 aliphatic heterocycles. The maximum absolute atomic E-state index is 12.2. The number of anilines is 1. The first kappa shape index (κ1) is 16.5. The summed E-state index contributed by atoms with van der Waals surface area (Å²) in [6.45, 7) is 1.65. The number of para-hydroxylation sites is 2. The van der Waals surface area contributed by atoms with Gasteiger partial charge < -0.3 is 14.8 Å². The van der Waals surface area contributed by atoms with Crippen LogP contribution in [0.15, 0.2) is 42.5 Å². The highest BCUT2D eigenvalue weighted by Crippen LogP contribution is 2.27. The second-order valence-corrected chi connectivity index (χ2v) is 5.43. The summed E-state index contributed by atoms with van der Waals surface area (Å²) in [5, 5.41) is 3.60. The van der Waals surface area contributed by atoms with Crippen molar-refractivity contribution in [3.63, 3.8) is 0 Å². The summed E-state index contributed by atoms with van der Waals surface area (Å²) >= 11 is 11.8. The molecule has 0 heterocycles. The molecule has 0 aliphatic rings. The lowest BCUT2D eigenvalue weighted by Gasteiger charge is -2.16. The third-order valence-electron chi connectivity index (χ3n) is 2.87. The molecule has 2 aromatic carbocycles. The van der Waals surface area contributed by atoms with Crippen molar-refractivity contribution in [3.8, 4) is 11.5 Å². The number of hydrogen-bond donors (Lipinski definition) is 1. The van der Waals surface area contributed by atoms with Gasteiger partial charge in [-0.2, -0.15) is 0 Å². The first-order valence-electron chi connectivity index (χ1n) is 6.56. The minimum absolute atomic E-state index is 0.316. The quantitative estimate of drug-likeness (QED) is 0.877. The molecule has 116 valence electrons. The number of halogens is 2. The minimum Gasteiger partial charge on any atom is -0.493 e. The van der Waals surface area contributed by atoms with Crippen LogP contribution >= 0.6 is 23.2 Å². The molecule has 1 amide bonds. The van der Waals surface area contributed by atoms with E-state index in [0.29, 0.717) is 27.2 Å². The molecule has 0 spiro atoms. The summed E-state index contributed by atoms with van der Waals surface area (Å²) in [4.78, 5) is 12.2. The highest BCUT2D eigenvalue weighted by Gasteiger charge is 2.17. The van der Waals surface area contributed by atoms with Gasteiger partial charge in [-0.3, -0.25) is 4.79 Å². The number of nitrogens with one attached hydrogen (secondary N) is 1. The summed E-state index contributed by atoms with van der Waals surface area (Å²) in [6.07, 6.45) is -0.714. The zero-order chi connectivity index (χ0) is 16.1. The van der Waals surface area contributed by atoms with Crippen molar-refractivity contribution < 1.29 is 14.3 Å². The fraction of sp³-hybridized carbons (Fsp3) is 0.188. The lowest BCUT2D eigenvalue weighted by atomic mass is 10.3. The molecule has 1 atom stereocenters. The third-order valence-corrected chi connectivity index (χ3v) is 3.31. The zero-order valence-corrected chi connectivity index (χ0v) is 13.6. The van der Waals surface area contributed by atoms with Gasteiger partial charge in [0.25, 0.3) is 5.91 Å². The largest absolute Gasteiger partial charge is 0.493 e. The van der Waals surface area contributed by atoms with E-state index in [9.17, 15) is 4.79 Å². The first-order chi connectivity index (χ1) is 10.5. The van der Waals surface area contributed by atoms with E-state index in [1.807, 2.05) is 6.07 Å². The molecule has 0 aliphatic carbocycles. The summed E-state index contributed by atoms with van der Waals surface area (Å²) in [7, 11) is 1.54. The maximum atomic E-state index is 12.2. The Morgan fingerprint density at radius 2 is 1.68 bits per heavy atom. The number of benzene rings is 2. The van der Waals surface area contributed by atoms with E-state index in [4.69, 9.17) is 32.7 Å². The number of hydrogen-bond acceptors (Lipinski definition) is 3. The normalized spacial score (nSPS) is 11.6. The van der Waals surface area contributed by atoms with Crippen LogP contribution in [0.4, 0.5) is 5.69 Å². The summed E-state index contributed by atoms with van der Waals surface area (Å²) in [5.74, 6) is 0.744. The SMILES string of the molecule is COc1ccccc1OC(C)C(=O)Nc1cc(Cl)cc(Cl)c1. The van der Waals surface area contributed by atoms with Crippen LogP contribution in [0.25, 0.3) is 0 Å². The summed E-state index contributed by atoms with van der Waals surface area (Å²) in [5.41, 5.74) is 0.512. The van der Waals surface area contributed by atoms with Gasteiger partial charge in [0.2, 0.25) is 0 Å². The molecule has 22 heavy (non-hydrogen) atoms. The molecule has 0 fully saturated rings. The van der Waals surface area contributed by atoms with E-state index in [2.05, 4.69) is 5.32 Å². The van der Waals surface area contributed by atoms with Crippen LogP contribution in [0.3, 0.4) is 0 Å². The van der Waals surface area contributed by atoms with Crippen molar-refractivity contribution in [1.82, 2.24) is 0 Å². The average molecular weight is 340 g/mol. The van der Waals surface area contributed by atoms with Gasteiger partial charge in [-0.15, -0.1) is 0 Å². The fourth-order valence-electron chi connectivity index (χ4n) is 1.83. The maximum Gasteiger partial charge on any atom is 0.265 e. The number of amides is 1. The third kappa shape index (κ3) is 4.29. The second kappa shape index (κ2) is 7.38. The Morgan fingerprint density at radius 1 is 1.09 bits per heavy atom. The molecule has 2 aromatic rings.